The minimum Gasteiger partial charge on any atom is -0.542 e. The number of nitrogens with one attached hydrogen (secondary N) is 2. The van der Waals surface area contributed by atoms with E-state index in [0.29, 0.717) is 50.3 Å². The molecule has 2 aliphatic rings. The maximum absolute atomic E-state index is 13.3. The maximum Gasteiger partial charge on any atom is 0.430 e. The van der Waals surface area contributed by atoms with Crippen molar-refractivity contribution < 1.29 is 37.1 Å². The number of aliphatic carboxylic acids is 1. The van der Waals surface area contributed by atoms with Crippen molar-refractivity contribution in [2.24, 2.45) is 5.41 Å². The highest BCUT2D eigenvalue weighted by Gasteiger charge is 2.41. The third-order valence-electron chi connectivity index (χ3n) is 9.18. The van der Waals surface area contributed by atoms with Crippen molar-refractivity contribution in [2.75, 3.05) is 57.0 Å². The van der Waals surface area contributed by atoms with Crippen LogP contribution in [0.1, 0.15) is 52.0 Å². The number of amides is 2. The largest absolute Gasteiger partial charge is 0.542 e. The zero-order chi connectivity index (χ0) is 36.0. The van der Waals surface area contributed by atoms with Crippen molar-refractivity contribution in [1.82, 2.24) is 5.32 Å². The first-order chi connectivity index (χ1) is 23.0. The predicted molar refractivity (Wildman–Crippen MR) is 184 cm³/mol. The Kier molecular flexibility index (Phi) is 12.5. The Morgan fingerprint density at radius 1 is 0.857 bits per heavy atom. The van der Waals surface area contributed by atoms with Crippen LogP contribution >= 0.6 is 34.8 Å². The summed E-state index contributed by atoms with van der Waals surface area (Å²) in [6, 6.07) is 17.8. The number of anilines is 2. The van der Waals surface area contributed by atoms with Gasteiger partial charge in [0.05, 0.1) is 38.6 Å². The van der Waals surface area contributed by atoms with E-state index < -0.39 is 12.1 Å². The van der Waals surface area contributed by atoms with Gasteiger partial charge in [-0.1, -0.05) is 46.9 Å². The summed E-state index contributed by atoms with van der Waals surface area (Å²) in [4.78, 5) is 37.5. The van der Waals surface area contributed by atoms with Crippen LogP contribution in [0.2, 0.25) is 15.1 Å². The van der Waals surface area contributed by atoms with Crippen LogP contribution < -0.4 is 20.6 Å². The molecule has 8 nitrogen and oxygen atoms in total. The van der Waals surface area contributed by atoms with E-state index in [0.717, 1.165) is 41.7 Å². The fraction of sp³-hybridized carbons (Fsp3) is 0.400. The molecule has 14 heteroatoms. The van der Waals surface area contributed by atoms with Gasteiger partial charge in [0.15, 0.2) is 0 Å². The van der Waals surface area contributed by atoms with Crippen LogP contribution in [0.25, 0.3) is 0 Å². The number of piperidine rings is 2. The molecule has 1 spiro atoms. The highest BCUT2D eigenvalue weighted by Crippen LogP contribution is 2.44. The van der Waals surface area contributed by atoms with Gasteiger partial charge in [-0.3, -0.25) is 9.59 Å². The molecule has 2 N–H and O–H groups in total. The zero-order valence-electron chi connectivity index (χ0n) is 27.1. The lowest BCUT2D eigenvalue weighted by molar-refractivity contribution is -0.897. The first-order valence-electron chi connectivity index (χ1n) is 15.8. The van der Waals surface area contributed by atoms with E-state index in [1.54, 1.807) is 42.5 Å². The van der Waals surface area contributed by atoms with Crippen LogP contribution in [0.4, 0.5) is 24.5 Å². The predicted octanol–water partition coefficient (Wildman–Crippen LogP) is 6.63. The Morgan fingerprint density at radius 3 is 2.06 bits per heavy atom. The van der Waals surface area contributed by atoms with Crippen molar-refractivity contribution >= 4 is 64.0 Å². The number of rotatable bonds is 7. The lowest BCUT2D eigenvalue weighted by Crippen LogP contribution is -2.52. The summed E-state index contributed by atoms with van der Waals surface area (Å²) < 4.78 is 32.6. The van der Waals surface area contributed by atoms with Crippen LogP contribution in [0.5, 0.6) is 0 Å². The number of halogens is 6. The molecule has 0 atom stereocenters. The van der Waals surface area contributed by atoms with E-state index in [2.05, 4.69) is 29.6 Å². The second-order valence-corrected chi connectivity index (χ2v) is 14.4. The SMILES string of the molecule is C[N+]1(C)CCC2(CCN(c3ccc(C(=O)NCCc4ccc(Cl)cc4Cl)cc3NC(=O)c3cccc(Cl)c3)CC2)CC1.O=C([O-])C(F)(F)F. The quantitative estimate of drug-likeness (QED) is 0.265. The van der Waals surface area contributed by atoms with E-state index in [4.69, 9.17) is 44.7 Å². The normalized spacial score (nSPS) is 16.7. The Labute approximate surface area is 298 Å². The van der Waals surface area contributed by atoms with Crippen LogP contribution in [-0.2, 0) is 11.2 Å². The van der Waals surface area contributed by atoms with E-state index in [1.165, 1.54) is 25.9 Å². The highest BCUT2D eigenvalue weighted by molar-refractivity contribution is 6.35. The van der Waals surface area contributed by atoms with E-state index in [-0.39, 0.29) is 11.8 Å². The summed E-state index contributed by atoms with van der Waals surface area (Å²) in [6.45, 7) is 4.68. The molecular weight excluding hydrogens is 704 g/mol. The highest BCUT2D eigenvalue weighted by atomic mass is 35.5. The lowest BCUT2D eigenvalue weighted by Gasteiger charge is -2.49. The summed E-state index contributed by atoms with van der Waals surface area (Å²) in [5.41, 5.74) is 3.80. The van der Waals surface area contributed by atoms with Gasteiger partial charge in [0.2, 0.25) is 0 Å². The van der Waals surface area contributed by atoms with Crippen molar-refractivity contribution in [3.8, 4) is 0 Å². The molecule has 0 unspecified atom stereocenters. The van der Waals surface area contributed by atoms with Gasteiger partial charge in [-0.2, -0.15) is 13.2 Å². The second kappa shape index (κ2) is 16.0. The zero-order valence-corrected chi connectivity index (χ0v) is 29.4. The van der Waals surface area contributed by atoms with Gasteiger partial charge in [-0.15, -0.1) is 0 Å². The van der Waals surface area contributed by atoms with E-state index >= 15 is 0 Å². The van der Waals surface area contributed by atoms with Crippen LogP contribution in [0.3, 0.4) is 0 Å². The van der Waals surface area contributed by atoms with Gasteiger partial charge in [-0.25, -0.2) is 0 Å². The molecule has 2 aliphatic heterocycles. The van der Waals surface area contributed by atoms with Gasteiger partial charge in [-0.05, 0) is 78.8 Å². The third kappa shape index (κ3) is 10.7. The summed E-state index contributed by atoms with van der Waals surface area (Å²) in [5, 5.41) is 16.5. The Bertz CT molecular complexity index is 1670. The number of carbonyl (C=O) groups excluding carboxylic acids is 3. The molecule has 0 aliphatic carbocycles. The topological polar surface area (TPSA) is 102 Å². The van der Waals surface area contributed by atoms with Gasteiger partial charge in [0.25, 0.3) is 11.8 Å². The molecule has 2 fully saturated rings. The molecule has 49 heavy (non-hydrogen) atoms. The molecular formula is C35H38Cl3F3N4O4. The number of hydrogen-bond donors (Lipinski definition) is 2. The molecule has 2 amide bonds. The van der Waals surface area contributed by atoms with Crippen molar-refractivity contribution in [1.29, 1.82) is 0 Å². The molecule has 264 valence electrons. The Balaban J connectivity index is 0.000000698. The van der Waals surface area contributed by atoms with Gasteiger partial charge >= 0.3 is 6.18 Å². The minimum absolute atomic E-state index is 0.217. The molecule has 2 heterocycles. The number of nitrogens with zero attached hydrogens (tertiary/aromatic N) is 2. The van der Waals surface area contributed by atoms with Gasteiger partial charge < -0.3 is 29.9 Å². The first-order valence-corrected chi connectivity index (χ1v) is 16.9. The number of carbonyl (C=O) groups is 3. The average molecular weight is 742 g/mol. The van der Waals surface area contributed by atoms with E-state index in [1.807, 2.05) is 18.2 Å². The molecule has 0 bridgehead atoms. The van der Waals surface area contributed by atoms with Crippen molar-refractivity contribution in [2.45, 2.75) is 38.3 Å². The minimum atomic E-state index is -5.19. The van der Waals surface area contributed by atoms with Gasteiger partial charge in [0, 0.05) is 58.7 Å². The van der Waals surface area contributed by atoms with Crippen molar-refractivity contribution in [3.05, 3.63) is 92.4 Å². The standard InChI is InChI=1S/C33H37Cl3N4O2.C2HF3O2/c1-40(2)18-13-33(14-19-40)11-16-39(17-12-33)30-9-7-25(21-29(30)38-32(42)24-4-3-5-26(34)20-24)31(41)37-15-10-23-6-8-27(35)22-28(23)36;3-2(4,5)1(6)7/h3-9,20-22H,10-19H2,1-2H3,(H-,37,38,41,42);(H,6,7). The van der Waals surface area contributed by atoms with Crippen LogP contribution in [0, 0.1) is 5.41 Å². The third-order valence-corrected chi connectivity index (χ3v) is 10.0. The van der Waals surface area contributed by atoms with Gasteiger partial charge in [0.1, 0.15) is 5.97 Å². The number of quaternary nitrogens is 1. The smallest absolute Gasteiger partial charge is 0.430 e. The molecule has 3 aromatic rings. The fourth-order valence-electron chi connectivity index (χ4n) is 6.05. The maximum atomic E-state index is 13.3. The number of likely N-dealkylation sites (tertiary alicyclic amines) is 1. The number of carboxylic acid groups (broad SMARTS) is 1. The summed E-state index contributed by atoms with van der Waals surface area (Å²) >= 11 is 18.4. The van der Waals surface area contributed by atoms with E-state index in [9.17, 15) is 22.8 Å². The molecule has 0 aromatic heterocycles. The summed E-state index contributed by atoms with van der Waals surface area (Å²) in [5.74, 6) is -3.49. The molecule has 2 saturated heterocycles. The second-order valence-electron chi connectivity index (χ2n) is 13.1. The first kappa shape index (κ1) is 38.3. The summed E-state index contributed by atoms with van der Waals surface area (Å²) in [6.07, 6.45) is 0.150. The number of hydrogen-bond acceptors (Lipinski definition) is 5. The van der Waals surface area contributed by atoms with Crippen LogP contribution in [-0.4, -0.2) is 75.3 Å². The molecule has 3 aromatic carbocycles. The Morgan fingerprint density at radius 2 is 1.47 bits per heavy atom. The molecule has 0 saturated carbocycles. The summed E-state index contributed by atoms with van der Waals surface area (Å²) in [7, 11) is 4.64. The average Bonchev–Trinajstić information content (AvgIpc) is 3.04. The number of carboxylic acids is 1. The lowest BCUT2D eigenvalue weighted by atomic mass is 9.70. The fourth-order valence-corrected chi connectivity index (χ4v) is 6.75. The number of alkyl halides is 3. The Hall–Kier alpha value is -3.51. The van der Waals surface area contributed by atoms with Crippen molar-refractivity contribution in [3.63, 3.8) is 0 Å². The number of benzene rings is 3. The molecule has 5 rings (SSSR count). The van der Waals surface area contributed by atoms with Crippen LogP contribution in [0.15, 0.2) is 60.7 Å². The molecule has 0 radical (unpaired) electrons. The monoisotopic (exact) mass is 740 g/mol.